The molecular formula is C25H23F2N3O4S2. The third-order valence-corrected chi connectivity index (χ3v) is 9.09. The average Bonchev–Trinajstić information content (AvgIpc) is 3.52. The lowest BCUT2D eigenvalue weighted by molar-refractivity contribution is -0.123. The second kappa shape index (κ2) is 9.72. The quantitative estimate of drug-likeness (QED) is 0.345. The number of thiazole rings is 1. The number of carbonyl (C=O) groups excluding carboxylic acids is 1. The molecule has 0 spiro atoms. The molecule has 1 amide bonds. The molecule has 2 aromatic carbocycles. The summed E-state index contributed by atoms with van der Waals surface area (Å²) >= 11 is 0.993. The van der Waals surface area contributed by atoms with E-state index in [0.717, 1.165) is 23.0 Å². The maximum atomic E-state index is 14.3. The van der Waals surface area contributed by atoms with Crippen LogP contribution in [0.15, 0.2) is 64.1 Å². The molecule has 3 heterocycles. The van der Waals surface area contributed by atoms with Crippen LogP contribution in [0.1, 0.15) is 24.2 Å². The molecule has 1 saturated heterocycles. The van der Waals surface area contributed by atoms with E-state index in [0.29, 0.717) is 25.1 Å². The second-order valence-electron chi connectivity index (χ2n) is 8.75. The minimum Gasteiger partial charge on any atom is -0.467 e. The molecule has 36 heavy (non-hydrogen) atoms. The van der Waals surface area contributed by atoms with Crippen LogP contribution in [-0.4, -0.2) is 36.7 Å². The van der Waals surface area contributed by atoms with Gasteiger partial charge in [0, 0.05) is 19.2 Å². The Kier molecular flexibility index (Phi) is 6.62. The van der Waals surface area contributed by atoms with Gasteiger partial charge in [0.1, 0.15) is 17.1 Å². The molecule has 1 fully saturated rings. The molecule has 1 aliphatic rings. The van der Waals surface area contributed by atoms with Crippen molar-refractivity contribution in [3.8, 4) is 0 Å². The van der Waals surface area contributed by atoms with Crippen LogP contribution in [0.25, 0.3) is 10.2 Å². The minimum absolute atomic E-state index is 0.0115. The number of benzene rings is 2. The van der Waals surface area contributed by atoms with Gasteiger partial charge in [0.2, 0.25) is 15.9 Å². The van der Waals surface area contributed by atoms with E-state index in [1.54, 1.807) is 36.4 Å². The molecule has 0 saturated carbocycles. The lowest BCUT2D eigenvalue weighted by Gasteiger charge is -2.33. The number of nitrogens with zero attached hydrogens (tertiary/aromatic N) is 3. The number of hydrogen-bond acceptors (Lipinski definition) is 6. The van der Waals surface area contributed by atoms with Crippen molar-refractivity contribution in [3.63, 3.8) is 0 Å². The fraction of sp³-hybridized carbons (Fsp3) is 0.280. The Morgan fingerprint density at radius 2 is 2.00 bits per heavy atom. The number of anilines is 1. The number of rotatable bonds is 6. The van der Waals surface area contributed by atoms with Gasteiger partial charge in [-0.25, -0.2) is 22.2 Å². The summed E-state index contributed by atoms with van der Waals surface area (Å²) < 4.78 is 61.6. The van der Waals surface area contributed by atoms with Gasteiger partial charge in [0.15, 0.2) is 10.9 Å². The van der Waals surface area contributed by atoms with Crippen LogP contribution in [0.4, 0.5) is 13.9 Å². The summed E-state index contributed by atoms with van der Waals surface area (Å²) in [5.41, 5.74) is 0.919. The Balaban J connectivity index is 1.45. The molecule has 7 nitrogen and oxygen atoms in total. The molecule has 1 atom stereocenters. The number of carbonyl (C=O) groups is 1. The standard InChI is InChI=1S/C25H23F2N3O4S2/c1-16-6-8-20(9-7-16)36(32,33)29-10-2-4-17(14-29)24(31)30(15-19-5-3-11-34-19)25-28-23-21(27)12-18(26)13-22(23)35-25/h3,5-9,11-13,17H,2,4,10,14-15H2,1H3. The number of halogens is 2. The van der Waals surface area contributed by atoms with Gasteiger partial charge in [-0.15, -0.1) is 0 Å². The molecule has 11 heteroatoms. The molecular weight excluding hydrogens is 508 g/mol. The van der Waals surface area contributed by atoms with Gasteiger partial charge in [-0.1, -0.05) is 29.0 Å². The first kappa shape index (κ1) is 24.5. The summed E-state index contributed by atoms with van der Waals surface area (Å²) in [4.78, 5) is 19.6. The zero-order valence-corrected chi connectivity index (χ0v) is 21.0. The highest BCUT2D eigenvalue weighted by Crippen LogP contribution is 2.34. The summed E-state index contributed by atoms with van der Waals surface area (Å²) in [5, 5.41) is 0.189. The molecule has 0 aliphatic carbocycles. The monoisotopic (exact) mass is 531 g/mol. The van der Waals surface area contributed by atoms with Crippen LogP contribution < -0.4 is 4.90 Å². The predicted octanol–water partition coefficient (Wildman–Crippen LogP) is 5.11. The van der Waals surface area contributed by atoms with Crippen LogP contribution in [0.5, 0.6) is 0 Å². The molecule has 1 aliphatic heterocycles. The van der Waals surface area contributed by atoms with E-state index in [1.165, 1.54) is 21.5 Å². The van der Waals surface area contributed by atoms with E-state index in [2.05, 4.69) is 4.98 Å². The molecule has 4 aromatic rings. The van der Waals surface area contributed by atoms with Gasteiger partial charge in [-0.3, -0.25) is 9.69 Å². The Morgan fingerprint density at radius 3 is 2.72 bits per heavy atom. The number of piperidine rings is 1. The molecule has 5 rings (SSSR count). The largest absolute Gasteiger partial charge is 0.467 e. The van der Waals surface area contributed by atoms with Crippen molar-refractivity contribution in [1.82, 2.24) is 9.29 Å². The lowest BCUT2D eigenvalue weighted by Crippen LogP contribution is -2.46. The van der Waals surface area contributed by atoms with E-state index < -0.39 is 27.6 Å². The van der Waals surface area contributed by atoms with Gasteiger partial charge >= 0.3 is 0 Å². The van der Waals surface area contributed by atoms with E-state index in [9.17, 15) is 22.0 Å². The number of fused-ring (bicyclic) bond motifs is 1. The van der Waals surface area contributed by atoms with Gasteiger partial charge in [0.25, 0.3) is 0 Å². The molecule has 1 unspecified atom stereocenters. The number of furan rings is 1. The summed E-state index contributed by atoms with van der Waals surface area (Å²) in [6, 6.07) is 11.9. The number of aryl methyl sites for hydroxylation is 1. The Labute approximate surface area is 211 Å². The fourth-order valence-corrected chi connectivity index (χ4v) is 6.83. The van der Waals surface area contributed by atoms with Crippen molar-refractivity contribution in [2.24, 2.45) is 5.92 Å². The Morgan fingerprint density at radius 1 is 1.22 bits per heavy atom. The summed E-state index contributed by atoms with van der Waals surface area (Å²) in [5.74, 6) is -2.05. The normalized spacial score (nSPS) is 16.9. The molecule has 188 valence electrons. The molecule has 2 aromatic heterocycles. The maximum Gasteiger partial charge on any atom is 0.243 e. The minimum atomic E-state index is -3.78. The van der Waals surface area contributed by atoms with E-state index >= 15 is 0 Å². The highest BCUT2D eigenvalue weighted by atomic mass is 32.2. The first-order valence-corrected chi connectivity index (χ1v) is 13.6. The van der Waals surface area contributed by atoms with Crippen LogP contribution in [-0.2, 0) is 21.4 Å². The molecule has 0 radical (unpaired) electrons. The van der Waals surface area contributed by atoms with Crippen molar-refractivity contribution in [2.45, 2.75) is 31.2 Å². The third-order valence-electron chi connectivity index (χ3n) is 6.19. The number of amides is 1. The lowest BCUT2D eigenvalue weighted by atomic mass is 9.98. The van der Waals surface area contributed by atoms with Crippen LogP contribution in [0.3, 0.4) is 0 Å². The highest BCUT2D eigenvalue weighted by Gasteiger charge is 2.36. The van der Waals surface area contributed by atoms with E-state index in [4.69, 9.17) is 4.42 Å². The van der Waals surface area contributed by atoms with Crippen molar-refractivity contribution in [1.29, 1.82) is 0 Å². The summed E-state index contributed by atoms with van der Waals surface area (Å²) in [6.07, 6.45) is 2.47. The Bertz CT molecular complexity index is 1500. The van der Waals surface area contributed by atoms with Crippen LogP contribution >= 0.6 is 11.3 Å². The number of sulfonamides is 1. The highest BCUT2D eigenvalue weighted by molar-refractivity contribution is 7.89. The average molecular weight is 532 g/mol. The second-order valence-corrected chi connectivity index (χ2v) is 11.7. The van der Waals surface area contributed by atoms with Crippen LogP contribution in [0, 0.1) is 24.5 Å². The zero-order valence-electron chi connectivity index (χ0n) is 19.4. The summed E-state index contributed by atoms with van der Waals surface area (Å²) in [7, 11) is -3.78. The molecule has 0 bridgehead atoms. The summed E-state index contributed by atoms with van der Waals surface area (Å²) in [6.45, 7) is 2.22. The number of hydrogen-bond donors (Lipinski definition) is 0. The van der Waals surface area contributed by atoms with Crippen molar-refractivity contribution in [3.05, 3.63) is 77.8 Å². The molecule has 0 N–H and O–H groups in total. The maximum absolute atomic E-state index is 14.3. The Hall–Kier alpha value is -3.15. The smallest absolute Gasteiger partial charge is 0.243 e. The fourth-order valence-electron chi connectivity index (χ4n) is 4.30. The van der Waals surface area contributed by atoms with E-state index in [-0.39, 0.29) is 39.2 Å². The SMILES string of the molecule is Cc1ccc(S(=O)(=O)N2CCCC(C(=O)N(Cc3ccco3)c3nc4c(F)cc(F)cc4s3)C2)cc1. The van der Waals surface area contributed by atoms with Crippen molar-refractivity contribution >= 4 is 42.6 Å². The third kappa shape index (κ3) is 4.78. The van der Waals surface area contributed by atoms with Gasteiger partial charge in [-0.05, 0) is 50.1 Å². The van der Waals surface area contributed by atoms with Gasteiger partial charge in [0.05, 0.1) is 28.3 Å². The van der Waals surface area contributed by atoms with E-state index in [1.807, 2.05) is 6.92 Å². The van der Waals surface area contributed by atoms with Gasteiger partial charge in [-0.2, -0.15) is 4.31 Å². The van der Waals surface area contributed by atoms with Crippen LogP contribution in [0.2, 0.25) is 0 Å². The zero-order chi connectivity index (χ0) is 25.4. The number of aromatic nitrogens is 1. The predicted molar refractivity (Wildman–Crippen MR) is 132 cm³/mol. The van der Waals surface area contributed by atoms with Gasteiger partial charge < -0.3 is 4.42 Å². The first-order valence-electron chi connectivity index (χ1n) is 11.4. The topological polar surface area (TPSA) is 83.7 Å². The van der Waals surface area contributed by atoms with Crippen molar-refractivity contribution < 1.29 is 26.4 Å². The first-order chi connectivity index (χ1) is 17.2. The van der Waals surface area contributed by atoms with Crippen molar-refractivity contribution in [2.75, 3.05) is 18.0 Å².